The number of nitrogens with two attached hydrogens (primary N) is 1. The molecule has 0 unspecified atom stereocenters. The molecule has 3 nitrogen and oxygen atoms in total. The first-order chi connectivity index (χ1) is 8.56. The highest BCUT2D eigenvalue weighted by Gasteiger charge is 2.06. The molecule has 0 saturated carbocycles. The zero-order valence-electron chi connectivity index (χ0n) is 9.73. The Bertz CT molecular complexity index is 543. The monoisotopic (exact) mass is 310 g/mol. The summed E-state index contributed by atoms with van der Waals surface area (Å²) in [6.45, 7) is 1.88. The number of hydrogen-bond donors (Lipinski definition) is 1. The van der Waals surface area contributed by atoms with Crippen LogP contribution in [0.2, 0.25) is 0 Å². The minimum Gasteiger partial charge on any atom is -0.438 e. The van der Waals surface area contributed by atoms with E-state index in [1.54, 1.807) is 18.3 Å². The molecule has 1 aromatic carbocycles. The van der Waals surface area contributed by atoms with Gasteiger partial charge >= 0.3 is 0 Å². The molecule has 0 amide bonds. The van der Waals surface area contributed by atoms with Gasteiger partial charge in [0.05, 0.1) is 4.47 Å². The first-order valence-electron chi connectivity index (χ1n) is 5.40. The third kappa shape index (κ3) is 3.05. The van der Waals surface area contributed by atoms with Gasteiger partial charge in [-0.3, -0.25) is 0 Å². The van der Waals surface area contributed by atoms with Gasteiger partial charge < -0.3 is 10.5 Å². The molecule has 0 aliphatic rings. The van der Waals surface area contributed by atoms with E-state index in [0.29, 0.717) is 16.1 Å². The van der Waals surface area contributed by atoms with Crippen molar-refractivity contribution in [3.05, 3.63) is 52.4 Å². The van der Waals surface area contributed by atoms with Crippen molar-refractivity contribution in [3.8, 4) is 11.6 Å². The van der Waals surface area contributed by atoms with Gasteiger partial charge in [-0.2, -0.15) is 0 Å². The standard InChI is InChI=1S/C13H12BrFN2O/c1-8(16)9-2-5-13(17-7-9)18-12-6-10(15)3-4-11(12)14/h2-8H,16H2,1H3/t8-/m1/s1. The van der Waals surface area contributed by atoms with E-state index in [1.807, 2.05) is 13.0 Å². The molecule has 2 aromatic rings. The molecule has 0 radical (unpaired) electrons. The minimum atomic E-state index is -0.361. The molecule has 0 saturated heterocycles. The highest BCUT2D eigenvalue weighted by Crippen LogP contribution is 2.29. The van der Waals surface area contributed by atoms with E-state index in [0.717, 1.165) is 5.56 Å². The quantitative estimate of drug-likeness (QED) is 0.938. The Hall–Kier alpha value is -1.46. The Morgan fingerprint density at radius 2 is 2.11 bits per heavy atom. The van der Waals surface area contributed by atoms with E-state index in [4.69, 9.17) is 10.5 Å². The minimum absolute atomic E-state index is 0.0764. The highest BCUT2D eigenvalue weighted by molar-refractivity contribution is 9.10. The molecule has 0 aliphatic heterocycles. The van der Waals surface area contributed by atoms with E-state index >= 15 is 0 Å². The highest BCUT2D eigenvalue weighted by atomic mass is 79.9. The van der Waals surface area contributed by atoms with Gasteiger partial charge in [-0.05, 0) is 40.5 Å². The third-order valence-corrected chi connectivity index (χ3v) is 3.05. The topological polar surface area (TPSA) is 48.1 Å². The Morgan fingerprint density at radius 3 is 2.72 bits per heavy atom. The van der Waals surface area contributed by atoms with Crippen LogP contribution in [0.3, 0.4) is 0 Å². The predicted molar refractivity (Wildman–Crippen MR) is 71.0 cm³/mol. The van der Waals surface area contributed by atoms with Crippen LogP contribution in [0.25, 0.3) is 0 Å². The van der Waals surface area contributed by atoms with Gasteiger partial charge in [-0.1, -0.05) is 6.07 Å². The van der Waals surface area contributed by atoms with E-state index in [1.165, 1.54) is 12.1 Å². The smallest absolute Gasteiger partial charge is 0.219 e. The van der Waals surface area contributed by atoms with Crippen LogP contribution in [-0.4, -0.2) is 4.98 Å². The zero-order valence-corrected chi connectivity index (χ0v) is 11.3. The van der Waals surface area contributed by atoms with Gasteiger partial charge in [0, 0.05) is 24.4 Å². The lowest BCUT2D eigenvalue weighted by molar-refractivity contribution is 0.454. The van der Waals surface area contributed by atoms with Crippen LogP contribution in [0.1, 0.15) is 18.5 Å². The summed E-state index contributed by atoms with van der Waals surface area (Å²) in [6, 6.07) is 7.69. The lowest BCUT2D eigenvalue weighted by Crippen LogP contribution is -2.05. The summed E-state index contributed by atoms with van der Waals surface area (Å²) in [6.07, 6.45) is 1.65. The number of benzene rings is 1. The number of ether oxygens (including phenoxy) is 1. The van der Waals surface area contributed by atoms with Crippen molar-refractivity contribution in [2.24, 2.45) is 5.73 Å². The summed E-state index contributed by atoms with van der Waals surface area (Å²) in [5.74, 6) is 0.419. The van der Waals surface area contributed by atoms with Crippen LogP contribution in [0.15, 0.2) is 41.0 Å². The molecular formula is C13H12BrFN2O. The number of nitrogens with zero attached hydrogens (tertiary/aromatic N) is 1. The fraction of sp³-hybridized carbons (Fsp3) is 0.154. The maximum Gasteiger partial charge on any atom is 0.219 e. The number of hydrogen-bond acceptors (Lipinski definition) is 3. The first-order valence-corrected chi connectivity index (χ1v) is 6.20. The van der Waals surface area contributed by atoms with Crippen molar-refractivity contribution >= 4 is 15.9 Å². The second-order valence-electron chi connectivity index (χ2n) is 3.90. The van der Waals surface area contributed by atoms with Gasteiger partial charge in [0.2, 0.25) is 5.88 Å². The molecule has 0 bridgehead atoms. The Morgan fingerprint density at radius 1 is 1.33 bits per heavy atom. The SMILES string of the molecule is C[C@@H](N)c1ccc(Oc2cc(F)ccc2Br)nc1. The molecule has 5 heteroatoms. The van der Waals surface area contributed by atoms with Gasteiger partial charge in [0.1, 0.15) is 11.6 Å². The summed E-state index contributed by atoms with van der Waals surface area (Å²) < 4.78 is 19.2. The van der Waals surface area contributed by atoms with Crippen LogP contribution < -0.4 is 10.5 Å². The zero-order chi connectivity index (χ0) is 13.1. The molecular weight excluding hydrogens is 299 g/mol. The Balaban J connectivity index is 2.21. The Labute approximate surface area is 113 Å². The summed E-state index contributed by atoms with van der Waals surface area (Å²) in [7, 11) is 0. The van der Waals surface area contributed by atoms with Crippen LogP contribution in [0.4, 0.5) is 4.39 Å². The molecule has 1 aromatic heterocycles. The van der Waals surface area contributed by atoms with Crippen LogP contribution >= 0.6 is 15.9 Å². The summed E-state index contributed by atoms with van der Waals surface area (Å²) >= 11 is 3.29. The summed E-state index contributed by atoms with van der Waals surface area (Å²) in [5, 5.41) is 0. The van der Waals surface area contributed by atoms with Crippen LogP contribution in [0, 0.1) is 5.82 Å². The van der Waals surface area contributed by atoms with E-state index in [2.05, 4.69) is 20.9 Å². The molecule has 94 valence electrons. The molecule has 2 N–H and O–H groups in total. The van der Waals surface area contributed by atoms with E-state index in [9.17, 15) is 4.39 Å². The fourth-order valence-corrected chi connectivity index (χ4v) is 1.72. The van der Waals surface area contributed by atoms with Crippen molar-refractivity contribution in [3.63, 3.8) is 0 Å². The maximum absolute atomic E-state index is 13.1. The van der Waals surface area contributed by atoms with Crippen molar-refractivity contribution in [2.75, 3.05) is 0 Å². The maximum atomic E-state index is 13.1. The van der Waals surface area contributed by atoms with Crippen molar-refractivity contribution in [1.82, 2.24) is 4.98 Å². The van der Waals surface area contributed by atoms with Gasteiger partial charge in [-0.25, -0.2) is 9.37 Å². The average molecular weight is 311 g/mol. The number of halogens is 2. The fourth-order valence-electron chi connectivity index (χ4n) is 1.39. The lowest BCUT2D eigenvalue weighted by Gasteiger charge is -2.08. The molecule has 0 aliphatic carbocycles. The molecule has 1 heterocycles. The third-order valence-electron chi connectivity index (χ3n) is 2.39. The second kappa shape index (κ2) is 5.46. The summed E-state index contributed by atoms with van der Waals surface area (Å²) in [5.41, 5.74) is 6.64. The van der Waals surface area contributed by atoms with Crippen LogP contribution in [-0.2, 0) is 0 Å². The van der Waals surface area contributed by atoms with Crippen molar-refractivity contribution in [2.45, 2.75) is 13.0 Å². The normalized spacial score (nSPS) is 12.2. The van der Waals surface area contributed by atoms with Gasteiger partial charge in [-0.15, -0.1) is 0 Å². The number of aromatic nitrogens is 1. The lowest BCUT2D eigenvalue weighted by atomic mass is 10.2. The molecule has 1 atom stereocenters. The molecule has 0 fully saturated rings. The molecule has 2 rings (SSSR count). The van der Waals surface area contributed by atoms with E-state index < -0.39 is 0 Å². The largest absolute Gasteiger partial charge is 0.438 e. The average Bonchev–Trinajstić information content (AvgIpc) is 2.34. The second-order valence-corrected chi connectivity index (χ2v) is 4.75. The van der Waals surface area contributed by atoms with Gasteiger partial charge in [0.25, 0.3) is 0 Å². The summed E-state index contributed by atoms with van der Waals surface area (Å²) in [4.78, 5) is 4.12. The van der Waals surface area contributed by atoms with E-state index in [-0.39, 0.29) is 11.9 Å². The first kappa shape index (κ1) is 13.0. The number of pyridine rings is 1. The Kier molecular flexibility index (Phi) is 3.93. The van der Waals surface area contributed by atoms with Crippen LogP contribution in [0.5, 0.6) is 11.6 Å². The van der Waals surface area contributed by atoms with Crippen molar-refractivity contribution < 1.29 is 9.13 Å². The van der Waals surface area contributed by atoms with Gasteiger partial charge in [0.15, 0.2) is 0 Å². The van der Waals surface area contributed by atoms with Crippen molar-refractivity contribution in [1.29, 1.82) is 0 Å². The molecule has 18 heavy (non-hydrogen) atoms. The number of rotatable bonds is 3. The molecule has 0 spiro atoms. The predicted octanol–water partition coefficient (Wildman–Crippen LogP) is 3.80.